The van der Waals surface area contributed by atoms with Gasteiger partial charge in [0.05, 0.1) is 63.5 Å². The van der Waals surface area contributed by atoms with E-state index in [9.17, 15) is 14.4 Å². The summed E-state index contributed by atoms with van der Waals surface area (Å²) >= 11 is 18.6. The molecule has 4 aliphatic rings. The van der Waals surface area contributed by atoms with Crippen LogP contribution in [0.15, 0.2) is 60.7 Å². The number of carboxylic acids is 1. The predicted octanol–water partition coefficient (Wildman–Crippen LogP) is 2.37. The van der Waals surface area contributed by atoms with Gasteiger partial charge in [0.1, 0.15) is 0 Å². The molecule has 3 saturated carbocycles. The Morgan fingerprint density at radius 2 is 0.881 bits per heavy atom. The maximum atomic E-state index is 11.4. The summed E-state index contributed by atoms with van der Waals surface area (Å²) < 4.78 is 25.2. The zero-order chi connectivity index (χ0) is 47.2. The van der Waals surface area contributed by atoms with Crippen molar-refractivity contribution in [1.29, 1.82) is 0 Å². The van der Waals surface area contributed by atoms with Crippen LogP contribution in [0.5, 0.6) is 0 Å². The molecule has 2 aromatic rings. The Morgan fingerprint density at radius 1 is 0.567 bits per heavy atom. The standard InChI is InChI=1S/C13H16O3.C12H14O3.C6H10O3.C4H8O.CH4.Li.H2O.S10.S9/c1-15-12(14)13(7-8-13)10-16-9-11-5-3-2-4-6-11;13-11(14)12(6-7-12)9-15-8-10-4-2-1-3-5-10;1-9-5(8)6(4-7)2-3-6;1-2-4-5-3-1;;;;1-3-5-7-9-10-8-6-4-2;1-3-5-7-9-8-6-4-2/h2-6H,7-10H2,1H3;1-5H,6-9H2,(H,13,14);7H,2-4H2,1H3;1-4H2;1H4;;1H2;;/q;;;;;+1;;;/p-1. The number of rotatable bonds is 12. The molecule has 6 rings (SSSR count). The molecule has 11 nitrogen and oxygen atoms in total. The maximum Gasteiger partial charge on any atom is 1.00 e. The largest absolute Gasteiger partial charge is 1.00 e. The van der Waals surface area contributed by atoms with E-state index in [-0.39, 0.29) is 55.7 Å². The van der Waals surface area contributed by atoms with Crippen LogP contribution in [0, 0.1) is 16.2 Å². The fraction of sp³-hybridized carbons (Fsp3) is 0.583. The van der Waals surface area contributed by atoms with Crippen molar-refractivity contribution in [3.05, 3.63) is 71.8 Å². The molecule has 2 aromatic carbocycles. The van der Waals surface area contributed by atoms with Crippen LogP contribution in [-0.2, 0) is 229 Å². The number of carboxylic acid groups (broad SMARTS) is 1. The van der Waals surface area contributed by atoms with E-state index in [1.165, 1.54) is 62.6 Å². The molecule has 67 heavy (non-hydrogen) atoms. The van der Waals surface area contributed by atoms with E-state index in [4.69, 9.17) is 29.2 Å². The molecule has 31 heteroatoms. The number of benzene rings is 2. The molecule has 0 unspecified atom stereocenters. The third kappa shape index (κ3) is 36.1. The van der Waals surface area contributed by atoms with Crippen LogP contribution in [0.1, 0.15) is 69.9 Å². The second-order valence-electron chi connectivity index (χ2n) is 13.1. The van der Waals surface area contributed by atoms with Crippen LogP contribution >= 0.6 is 0 Å². The molecule has 1 saturated heterocycles. The topological polar surface area (TPSA) is 168 Å². The van der Waals surface area contributed by atoms with Crippen LogP contribution < -0.4 is 18.9 Å². The van der Waals surface area contributed by atoms with Gasteiger partial charge in [-0.15, -0.1) is 0 Å². The van der Waals surface area contributed by atoms with Crippen molar-refractivity contribution in [2.45, 2.75) is 72.0 Å². The van der Waals surface area contributed by atoms with Crippen molar-refractivity contribution in [1.82, 2.24) is 0 Å². The number of esters is 2. The third-order valence-electron chi connectivity index (χ3n) is 8.72. The van der Waals surface area contributed by atoms with Gasteiger partial charge < -0.3 is 39.4 Å². The SMILES string of the molecule is C.C1CCOC1.COC(=O)C1(CO)CC1.COC(=O)C1(COCc2ccccc2)CC1.O=C(O)C1(COCc2ccccc2)CC1.S=S=S=S=S=S=S=S=S.S=S=S=S=S=S=S=S=S=S.[Li+].[OH-]. The van der Waals surface area contributed by atoms with Crippen molar-refractivity contribution < 1.29 is 72.6 Å². The molecule has 0 spiro atoms. The second-order valence-corrected chi connectivity index (χ2v) is 39.6. The first kappa shape index (κ1) is 72.7. The maximum absolute atomic E-state index is 11.4. The van der Waals surface area contributed by atoms with E-state index in [1.54, 1.807) is 97.7 Å². The molecule has 4 fully saturated rings. The minimum Gasteiger partial charge on any atom is -0.870 e. The molecule has 0 aromatic heterocycles. The minimum absolute atomic E-state index is 0. The first-order valence-corrected chi connectivity index (χ1v) is 41.1. The average Bonchev–Trinajstić information content (AvgIpc) is 4.30. The molecule has 1 heterocycles. The Balaban J connectivity index is -0.000000751. The summed E-state index contributed by atoms with van der Waals surface area (Å²) in [5.41, 5.74) is 0.786. The number of aliphatic hydroxyl groups is 1. The predicted molar refractivity (Wildman–Crippen MR) is 315 cm³/mol. The second kappa shape index (κ2) is 47.2. The molecule has 378 valence electrons. The van der Waals surface area contributed by atoms with Crippen LogP contribution in [-0.4, -0.2) is 80.9 Å². The Morgan fingerprint density at radius 3 is 1.12 bits per heavy atom. The first-order chi connectivity index (χ1) is 31.1. The Kier molecular flexibility index (Phi) is 51.2. The van der Waals surface area contributed by atoms with E-state index in [1.807, 2.05) is 60.7 Å². The molecular formula is C36H53LiO11S19. The van der Waals surface area contributed by atoms with Crippen LogP contribution in [0.3, 0.4) is 0 Å². The molecule has 0 atom stereocenters. The van der Waals surface area contributed by atoms with Gasteiger partial charge in [-0.25, -0.2) is 0 Å². The Bertz CT molecular complexity index is 2340. The summed E-state index contributed by atoms with van der Waals surface area (Å²) in [6, 6.07) is 19.7. The summed E-state index contributed by atoms with van der Waals surface area (Å²) in [6.45, 7) is 3.78. The van der Waals surface area contributed by atoms with Crippen molar-refractivity contribution in [3.63, 3.8) is 0 Å². The number of hydrogen-bond acceptors (Lipinski definition) is 14. The van der Waals surface area contributed by atoms with Gasteiger partial charge in [0.25, 0.3) is 0 Å². The van der Waals surface area contributed by atoms with Crippen LogP contribution in [0.25, 0.3) is 0 Å². The van der Waals surface area contributed by atoms with Gasteiger partial charge >= 0.3 is 36.8 Å². The number of aliphatic carboxylic acids is 1. The molecule has 3 aliphatic carbocycles. The van der Waals surface area contributed by atoms with Gasteiger partial charge in [-0.1, -0.05) is 68.1 Å². The monoisotopic (exact) mass is 1280 g/mol. The summed E-state index contributed by atoms with van der Waals surface area (Å²) in [7, 11) is 26.4. The Hall–Kier alpha value is 1.43. The number of carbonyl (C=O) groups is 3. The van der Waals surface area contributed by atoms with Crippen molar-refractivity contribution >= 4 is 196 Å². The number of carbonyl (C=O) groups excluding carboxylic acids is 2. The van der Waals surface area contributed by atoms with Gasteiger partial charge in [-0.3, -0.25) is 14.4 Å². The third-order valence-corrected chi connectivity index (χ3v) is 37.6. The quantitative estimate of drug-likeness (QED) is 0.235. The van der Waals surface area contributed by atoms with E-state index in [2.05, 4.69) is 49.5 Å². The molecule has 0 radical (unpaired) electrons. The molecule has 3 N–H and O–H groups in total. The molecule has 0 amide bonds. The van der Waals surface area contributed by atoms with Crippen molar-refractivity contribution in [2.75, 3.05) is 47.3 Å². The normalized spacial score (nSPS) is 14.4. The van der Waals surface area contributed by atoms with Crippen LogP contribution in [0.4, 0.5) is 0 Å². The van der Waals surface area contributed by atoms with Crippen LogP contribution in [0.2, 0.25) is 0 Å². The summed E-state index contributed by atoms with van der Waals surface area (Å²) in [5, 5.41) is 17.6. The first-order valence-electron chi connectivity index (χ1n) is 18.4. The fourth-order valence-corrected chi connectivity index (χ4v) is 34.8. The zero-order valence-electron chi connectivity index (χ0n) is 35.7. The fourth-order valence-electron chi connectivity index (χ4n) is 4.65. The average molecular weight is 1280 g/mol. The summed E-state index contributed by atoms with van der Waals surface area (Å²) in [6.07, 6.45) is 7.36. The van der Waals surface area contributed by atoms with E-state index >= 15 is 0 Å². The Labute approximate surface area is 469 Å². The zero-order valence-corrected chi connectivity index (χ0v) is 51.3. The van der Waals surface area contributed by atoms with E-state index in [0.29, 0.717) is 26.4 Å². The number of methoxy groups -OCH3 is 2. The minimum atomic E-state index is -0.726. The van der Waals surface area contributed by atoms with Crippen molar-refractivity contribution in [3.8, 4) is 0 Å². The van der Waals surface area contributed by atoms with Gasteiger partial charge in [-0.05, 0) is 62.5 Å². The van der Waals surface area contributed by atoms with E-state index in [0.717, 1.165) is 62.9 Å². The van der Waals surface area contributed by atoms with Gasteiger partial charge in [-0.2, -0.15) is 0 Å². The molecule has 0 bridgehead atoms. The van der Waals surface area contributed by atoms with E-state index < -0.39 is 16.8 Å². The number of aliphatic hydroxyl groups excluding tert-OH is 1. The van der Waals surface area contributed by atoms with Gasteiger partial charge in [0, 0.05) is 191 Å². The molecule has 1 aliphatic heterocycles. The van der Waals surface area contributed by atoms with Gasteiger partial charge in [0.2, 0.25) is 0 Å². The molecular weight excluding hydrogens is 1220 g/mol. The smallest absolute Gasteiger partial charge is 0.870 e. The summed E-state index contributed by atoms with van der Waals surface area (Å²) in [5.74, 6) is -1.14. The number of hydrogen-bond donors (Lipinski definition) is 2. The van der Waals surface area contributed by atoms with Crippen molar-refractivity contribution in [2.24, 2.45) is 16.2 Å². The van der Waals surface area contributed by atoms with Gasteiger partial charge in [0.15, 0.2) is 0 Å². The summed E-state index contributed by atoms with van der Waals surface area (Å²) in [4.78, 5) is 33.0. The number of ether oxygens (including phenoxy) is 5.